The number of benzene rings is 2. The number of furan rings is 2. The van der Waals surface area contributed by atoms with Crippen LogP contribution in [0.25, 0.3) is 17.0 Å². The van der Waals surface area contributed by atoms with Crippen LogP contribution in [0.2, 0.25) is 10.0 Å². The molecule has 5 aromatic rings. The van der Waals surface area contributed by atoms with Crippen LogP contribution in [-0.4, -0.2) is 16.7 Å². The molecule has 38 heavy (non-hydrogen) atoms. The minimum absolute atomic E-state index is 0.116. The van der Waals surface area contributed by atoms with Crippen molar-refractivity contribution < 1.29 is 18.4 Å². The van der Waals surface area contributed by atoms with Gasteiger partial charge in [0.05, 0.1) is 16.3 Å². The summed E-state index contributed by atoms with van der Waals surface area (Å²) in [6.07, 6.45) is 1.40. The molecule has 2 aromatic carbocycles. The molecule has 3 aromatic heterocycles. The lowest BCUT2D eigenvalue weighted by atomic mass is 10.2. The Morgan fingerprint density at radius 1 is 0.921 bits per heavy atom. The highest BCUT2D eigenvalue weighted by Crippen LogP contribution is 2.29. The summed E-state index contributed by atoms with van der Waals surface area (Å²) in [5.74, 6) is 1.88. The standard InChI is InChI=1S/C29H23Cl2N3O4/c1-18-3-4-19(2)34(18)21-6-8-22(9-7-21)36-17-24-11-14-28(38-24)29(35)33-32-16-23-10-13-27(37-23)20-5-12-25(30)26(31)15-20/h3-16H,17H2,1-2H3,(H,33,35)/b32-16+. The van der Waals surface area contributed by atoms with Crippen molar-refractivity contribution in [2.45, 2.75) is 20.5 Å². The number of rotatable bonds is 8. The van der Waals surface area contributed by atoms with Crippen LogP contribution < -0.4 is 10.2 Å². The Hall–Kier alpha value is -4.20. The Labute approximate surface area is 229 Å². The van der Waals surface area contributed by atoms with Crippen molar-refractivity contribution in [2.24, 2.45) is 5.10 Å². The summed E-state index contributed by atoms with van der Waals surface area (Å²) < 4.78 is 19.3. The maximum Gasteiger partial charge on any atom is 0.307 e. The molecule has 0 fully saturated rings. The molecule has 5 rings (SSSR count). The van der Waals surface area contributed by atoms with Crippen LogP contribution in [0.5, 0.6) is 5.75 Å². The molecule has 7 nitrogen and oxygen atoms in total. The van der Waals surface area contributed by atoms with E-state index in [4.69, 9.17) is 36.8 Å². The minimum Gasteiger partial charge on any atom is -0.486 e. The molecule has 0 aliphatic rings. The van der Waals surface area contributed by atoms with E-state index >= 15 is 0 Å². The first kappa shape index (κ1) is 25.4. The van der Waals surface area contributed by atoms with Crippen LogP contribution in [-0.2, 0) is 6.61 Å². The van der Waals surface area contributed by atoms with Gasteiger partial charge in [-0.2, -0.15) is 5.10 Å². The van der Waals surface area contributed by atoms with E-state index in [0.29, 0.717) is 33.1 Å². The van der Waals surface area contributed by atoms with Gasteiger partial charge in [-0.05, 0) is 92.7 Å². The number of ether oxygens (including phenoxy) is 1. The predicted molar refractivity (Wildman–Crippen MR) is 148 cm³/mol. The van der Waals surface area contributed by atoms with Gasteiger partial charge in [0.1, 0.15) is 29.6 Å². The van der Waals surface area contributed by atoms with E-state index in [2.05, 4.69) is 41.1 Å². The third kappa shape index (κ3) is 5.69. The highest BCUT2D eigenvalue weighted by atomic mass is 35.5. The number of hydrogen-bond donors (Lipinski definition) is 1. The molecule has 0 saturated carbocycles. The van der Waals surface area contributed by atoms with Crippen LogP contribution in [0.1, 0.15) is 33.5 Å². The van der Waals surface area contributed by atoms with Gasteiger partial charge in [0.25, 0.3) is 0 Å². The van der Waals surface area contributed by atoms with Crippen molar-refractivity contribution >= 4 is 35.3 Å². The van der Waals surface area contributed by atoms with E-state index in [9.17, 15) is 4.79 Å². The van der Waals surface area contributed by atoms with Crippen LogP contribution in [0.4, 0.5) is 0 Å². The van der Waals surface area contributed by atoms with Crippen molar-refractivity contribution in [2.75, 3.05) is 0 Å². The first-order valence-electron chi connectivity index (χ1n) is 11.7. The van der Waals surface area contributed by atoms with Gasteiger partial charge in [0, 0.05) is 22.6 Å². The number of aryl methyl sites for hydroxylation is 2. The summed E-state index contributed by atoms with van der Waals surface area (Å²) in [5.41, 5.74) is 6.59. The second-order valence-corrected chi connectivity index (χ2v) is 9.34. The van der Waals surface area contributed by atoms with Crippen molar-refractivity contribution in [3.63, 3.8) is 0 Å². The predicted octanol–water partition coefficient (Wildman–Crippen LogP) is 7.60. The number of nitrogens with one attached hydrogen (secondary N) is 1. The SMILES string of the molecule is Cc1ccc(C)n1-c1ccc(OCc2ccc(C(=O)N/N=C/c3ccc(-c4ccc(Cl)c(Cl)c4)o3)o2)cc1. The minimum atomic E-state index is -0.495. The van der Waals surface area contributed by atoms with Crippen LogP contribution in [0.15, 0.2) is 92.8 Å². The molecule has 0 bridgehead atoms. The number of halogens is 2. The van der Waals surface area contributed by atoms with Crippen LogP contribution in [0.3, 0.4) is 0 Å². The average Bonchev–Trinajstić information content (AvgIpc) is 3.66. The maximum atomic E-state index is 12.4. The van der Waals surface area contributed by atoms with E-state index in [0.717, 1.165) is 11.3 Å². The van der Waals surface area contributed by atoms with Gasteiger partial charge in [-0.15, -0.1) is 0 Å². The highest BCUT2D eigenvalue weighted by molar-refractivity contribution is 6.42. The van der Waals surface area contributed by atoms with Crippen molar-refractivity contribution in [3.8, 4) is 22.8 Å². The number of carbonyl (C=O) groups excluding carboxylic acids is 1. The van der Waals surface area contributed by atoms with Gasteiger partial charge in [-0.25, -0.2) is 5.43 Å². The Kier molecular flexibility index (Phi) is 7.40. The average molecular weight is 548 g/mol. The molecule has 0 saturated heterocycles. The fourth-order valence-electron chi connectivity index (χ4n) is 3.94. The van der Waals surface area contributed by atoms with Crippen molar-refractivity contribution in [3.05, 3.63) is 118 Å². The van der Waals surface area contributed by atoms with Crippen molar-refractivity contribution in [1.82, 2.24) is 9.99 Å². The summed E-state index contributed by atoms with van der Waals surface area (Å²) in [6.45, 7) is 4.32. The fourth-order valence-corrected chi connectivity index (χ4v) is 4.23. The number of hydrogen-bond acceptors (Lipinski definition) is 5. The van der Waals surface area contributed by atoms with E-state index in [1.54, 1.807) is 42.5 Å². The molecule has 9 heteroatoms. The zero-order valence-electron chi connectivity index (χ0n) is 20.6. The number of amides is 1. The third-order valence-electron chi connectivity index (χ3n) is 5.82. The van der Waals surface area contributed by atoms with Crippen LogP contribution >= 0.6 is 23.2 Å². The molecular weight excluding hydrogens is 525 g/mol. The van der Waals surface area contributed by atoms with Gasteiger partial charge in [-0.3, -0.25) is 4.79 Å². The molecule has 0 atom stereocenters. The molecule has 0 aliphatic carbocycles. The first-order valence-corrected chi connectivity index (χ1v) is 12.5. The number of carbonyl (C=O) groups is 1. The molecule has 0 aliphatic heterocycles. The molecule has 1 N–H and O–H groups in total. The number of nitrogens with zero attached hydrogens (tertiary/aromatic N) is 2. The van der Waals surface area contributed by atoms with Gasteiger partial charge in [0.2, 0.25) is 0 Å². The lowest BCUT2D eigenvalue weighted by Gasteiger charge is -2.10. The molecule has 0 spiro atoms. The van der Waals surface area contributed by atoms with E-state index < -0.39 is 5.91 Å². The smallest absolute Gasteiger partial charge is 0.307 e. The second-order valence-electron chi connectivity index (χ2n) is 8.53. The van der Waals surface area contributed by atoms with Gasteiger partial charge in [-0.1, -0.05) is 23.2 Å². The monoisotopic (exact) mass is 547 g/mol. The zero-order valence-corrected chi connectivity index (χ0v) is 22.1. The molecular formula is C29H23Cl2N3O4. The summed E-state index contributed by atoms with van der Waals surface area (Å²) in [4.78, 5) is 12.4. The van der Waals surface area contributed by atoms with Crippen LogP contribution in [0, 0.1) is 13.8 Å². The third-order valence-corrected chi connectivity index (χ3v) is 6.56. The van der Waals surface area contributed by atoms with Gasteiger partial charge < -0.3 is 18.1 Å². The molecule has 1 amide bonds. The largest absolute Gasteiger partial charge is 0.486 e. The second kappa shape index (κ2) is 11.0. The lowest BCUT2D eigenvalue weighted by Crippen LogP contribution is -2.16. The molecule has 3 heterocycles. The summed E-state index contributed by atoms with van der Waals surface area (Å²) in [7, 11) is 0. The number of hydrazone groups is 1. The Balaban J connectivity index is 1.14. The molecule has 0 radical (unpaired) electrons. The quantitative estimate of drug-likeness (QED) is 0.160. The van der Waals surface area contributed by atoms with E-state index in [-0.39, 0.29) is 12.4 Å². The van der Waals surface area contributed by atoms with Gasteiger partial charge in [0.15, 0.2) is 5.76 Å². The Morgan fingerprint density at radius 2 is 1.68 bits per heavy atom. The molecule has 0 unspecified atom stereocenters. The summed E-state index contributed by atoms with van der Waals surface area (Å²) in [5, 5.41) is 4.84. The zero-order chi connectivity index (χ0) is 26.6. The van der Waals surface area contributed by atoms with E-state index in [1.807, 2.05) is 24.3 Å². The topological polar surface area (TPSA) is 81.9 Å². The Morgan fingerprint density at radius 3 is 2.42 bits per heavy atom. The summed E-state index contributed by atoms with van der Waals surface area (Å²) >= 11 is 12.0. The maximum absolute atomic E-state index is 12.4. The molecule has 192 valence electrons. The first-order chi connectivity index (χ1) is 18.4. The normalized spacial score (nSPS) is 11.3. The highest BCUT2D eigenvalue weighted by Gasteiger charge is 2.12. The van der Waals surface area contributed by atoms with Crippen molar-refractivity contribution in [1.29, 1.82) is 0 Å². The fraction of sp³-hybridized carbons (Fsp3) is 0.103. The summed E-state index contributed by atoms with van der Waals surface area (Å²) in [6, 6.07) is 23.9. The Bertz CT molecular complexity index is 1590. The lowest BCUT2D eigenvalue weighted by molar-refractivity contribution is 0.0923. The van der Waals surface area contributed by atoms with Gasteiger partial charge >= 0.3 is 5.91 Å². The number of aromatic nitrogens is 1. The van der Waals surface area contributed by atoms with E-state index in [1.165, 1.54) is 17.6 Å².